The molecule has 142 valence electrons. The first kappa shape index (κ1) is 20.3. The molecule has 1 heterocycles. The maximum atomic E-state index is 13.3. The molecule has 0 saturated heterocycles. The Hall–Kier alpha value is -3.00. The van der Waals surface area contributed by atoms with Crippen LogP contribution >= 0.6 is 11.6 Å². The fourth-order valence-corrected chi connectivity index (χ4v) is 2.06. The number of aromatic nitrogens is 1. The second-order valence-corrected chi connectivity index (χ2v) is 5.79. The lowest BCUT2D eigenvalue weighted by molar-refractivity contribution is -0.122. The lowest BCUT2D eigenvalue weighted by atomic mass is 10.3. The Labute approximate surface area is 159 Å². The molecule has 2 aromatic rings. The lowest BCUT2D eigenvalue weighted by Crippen LogP contribution is -2.31. The molecule has 2 rings (SSSR count). The number of hydrogen-bond acceptors (Lipinski definition) is 4. The lowest BCUT2D eigenvalue weighted by Gasteiger charge is -2.10. The zero-order chi connectivity index (χ0) is 19.8. The van der Waals surface area contributed by atoms with Gasteiger partial charge >= 0.3 is 0 Å². The summed E-state index contributed by atoms with van der Waals surface area (Å²) in [5.41, 5.74) is 0.438. The van der Waals surface area contributed by atoms with E-state index in [9.17, 15) is 18.4 Å². The molecule has 0 bridgehead atoms. The van der Waals surface area contributed by atoms with Gasteiger partial charge in [0, 0.05) is 24.7 Å². The van der Waals surface area contributed by atoms with Crippen LogP contribution in [0.1, 0.15) is 16.9 Å². The van der Waals surface area contributed by atoms with E-state index in [1.807, 2.05) is 0 Å². The summed E-state index contributed by atoms with van der Waals surface area (Å²) in [7, 11) is 0. The topological polar surface area (TPSA) is 80.3 Å². The number of carbonyl (C=O) groups excluding carboxylic acids is 2. The zero-order valence-corrected chi connectivity index (χ0v) is 14.9. The summed E-state index contributed by atoms with van der Waals surface area (Å²) >= 11 is 5.56. The van der Waals surface area contributed by atoms with Crippen LogP contribution in [0.4, 0.5) is 8.78 Å². The van der Waals surface area contributed by atoms with E-state index in [-0.39, 0.29) is 36.0 Å². The van der Waals surface area contributed by atoms with Crippen molar-refractivity contribution in [3.05, 3.63) is 71.2 Å². The summed E-state index contributed by atoms with van der Waals surface area (Å²) in [5.74, 6) is -1.97. The third-order valence-corrected chi connectivity index (χ3v) is 3.56. The van der Waals surface area contributed by atoms with Gasteiger partial charge in [0.25, 0.3) is 11.8 Å². The van der Waals surface area contributed by atoms with Crippen LogP contribution in [0, 0.1) is 11.6 Å². The van der Waals surface area contributed by atoms with Gasteiger partial charge in [-0.15, -0.1) is 0 Å². The average Bonchev–Trinajstić information content (AvgIpc) is 2.63. The van der Waals surface area contributed by atoms with Gasteiger partial charge in [0.15, 0.2) is 6.61 Å². The first-order valence-corrected chi connectivity index (χ1v) is 8.18. The smallest absolute Gasteiger partial charge is 0.269 e. The molecular weight excluding hydrogens is 380 g/mol. The van der Waals surface area contributed by atoms with E-state index in [1.54, 1.807) is 0 Å². The summed E-state index contributed by atoms with van der Waals surface area (Å²) < 4.78 is 31.2. The van der Waals surface area contributed by atoms with Gasteiger partial charge in [-0.25, -0.2) is 13.8 Å². The second-order valence-electron chi connectivity index (χ2n) is 5.38. The van der Waals surface area contributed by atoms with Gasteiger partial charge in [0.1, 0.15) is 23.1 Å². The largest absolute Gasteiger partial charge is 0.484 e. The molecule has 0 fully saturated rings. The molecule has 1 aromatic heterocycles. The minimum Gasteiger partial charge on any atom is -0.484 e. The predicted molar refractivity (Wildman–Crippen MR) is 95.3 cm³/mol. The van der Waals surface area contributed by atoms with E-state index in [1.165, 1.54) is 18.2 Å². The Morgan fingerprint density at radius 3 is 2.67 bits per heavy atom. The molecule has 27 heavy (non-hydrogen) atoms. The van der Waals surface area contributed by atoms with Crippen LogP contribution < -0.4 is 15.4 Å². The number of hydrogen-bond donors (Lipinski definition) is 2. The average molecular weight is 396 g/mol. The van der Waals surface area contributed by atoms with Crippen LogP contribution in [0.5, 0.6) is 5.75 Å². The Morgan fingerprint density at radius 2 is 2.00 bits per heavy atom. The molecule has 9 heteroatoms. The predicted octanol–water partition coefficient (Wildman–Crippen LogP) is 2.84. The highest BCUT2D eigenvalue weighted by Crippen LogP contribution is 2.20. The number of carbonyl (C=O) groups is 2. The van der Waals surface area contributed by atoms with E-state index in [0.717, 1.165) is 18.3 Å². The molecule has 6 nitrogen and oxygen atoms in total. The van der Waals surface area contributed by atoms with E-state index in [2.05, 4.69) is 22.2 Å². The fraction of sp³-hybridized carbons (Fsp3) is 0.167. The van der Waals surface area contributed by atoms with Crippen LogP contribution in [-0.4, -0.2) is 29.9 Å². The fourth-order valence-electron chi connectivity index (χ4n) is 1.94. The quantitative estimate of drug-likeness (QED) is 0.720. The van der Waals surface area contributed by atoms with Crippen molar-refractivity contribution in [3.8, 4) is 5.75 Å². The van der Waals surface area contributed by atoms with Gasteiger partial charge in [0.2, 0.25) is 0 Å². The number of rotatable bonds is 8. The molecule has 0 spiro atoms. The van der Waals surface area contributed by atoms with Gasteiger partial charge in [-0.3, -0.25) is 9.59 Å². The van der Waals surface area contributed by atoms with Crippen molar-refractivity contribution in [2.45, 2.75) is 6.42 Å². The Kier molecular flexibility index (Phi) is 7.25. The molecule has 0 atom stereocenters. The van der Waals surface area contributed by atoms with Crippen molar-refractivity contribution in [3.63, 3.8) is 0 Å². The molecule has 1 aromatic carbocycles. The van der Waals surface area contributed by atoms with Gasteiger partial charge in [-0.2, -0.15) is 0 Å². The number of benzene rings is 1. The molecule has 2 N–H and O–H groups in total. The number of amides is 2. The third kappa shape index (κ3) is 6.67. The molecular formula is C18H16ClF2N3O3. The SMILES string of the molecule is C=C(CCNC(=O)c1ccc(F)cn1)NC(=O)COc1ccc(Cl)c(F)c1. The number of ether oxygens (including phenoxy) is 1. The van der Waals surface area contributed by atoms with E-state index in [4.69, 9.17) is 16.3 Å². The molecule has 0 unspecified atom stereocenters. The van der Waals surface area contributed by atoms with Gasteiger partial charge in [-0.1, -0.05) is 18.2 Å². The third-order valence-electron chi connectivity index (χ3n) is 3.25. The summed E-state index contributed by atoms with van der Waals surface area (Å²) in [6.07, 6.45) is 1.22. The number of nitrogens with one attached hydrogen (secondary N) is 2. The van der Waals surface area contributed by atoms with Gasteiger partial charge in [0.05, 0.1) is 11.2 Å². The number of pyridine rings is 1. The molecule has 0 aliphatic rings. The highest BCUT2D eigenvalue weighted by atomic mass is 35.5. The van der Waals surface area contributed by atoms with Gasteiger partial charge in [-0.05, 0) is 24.3 Å². The molecule has 0 aliphatic carbocycles. The Morgan fingerprint density at radius 1 is 1.22 bits per heavy atom. The number of nitrogens with zero attached hydrogens (tertiary/aromatic N) is 1. The van der Waals surface area contributed by atoms with Crippen LogP contribution in [0.15, 0.2) is 48.8 Å². The van der Waals surface area contributed by atoms with Crippen molar-refractivity contribution in [1.82, 2.24) is 15.6 Å². The Bertz CT molecular complexity index is 844. The summed E-state index contributed by atoms with van der Waals surface area (Å²) in [5, 5.41) is 5.03. The van der Waals surface area contributed by atoms with Crippen LogP contribution in [0.25, 0.3) is 0 Å². The van der Waals surface area contributed by atoms with Crippen molar-refractivity contribution >= 4 is 23.4 Å². The first-order valence-electron chi connectivity index (χ1n) is 7.80. The van der Waals surface area contributed by atoms with E-state index in [0.29, 0.717) is 5.70 Å². The summed E-state index contributed by atoms with van der Waals surface area (Å²) in [6.45, 7) is 3.53. The van der Waals surface area contributed by atoms with Crippen molar-refractivity contribution < 1.29 is 23.1 Å². The Balaban J connectivity index is 1.68. The highest BCUT2D eigenvalue weighted by Gasteiger charge is 2.09. The van der Waals surface area contributed by atoms with E-state index >= 15 is 0 Å². The zero-order valence-electron chi connectivity index (χ0n) is 14.1. The molecule has 0 aliphatic heterocycles. The maximum absolute atomic E-state index is 13.3. The number of halogens is 3. The monoisotopic (exact) mass is 395 g/mol. The second kappa shape index (κ2) is 9.63. The first-order chi connectivity index (χ1) is 12.8. The molecule has 2 amide bonds. The summed E-state index contributed by atoms with van der Waals surface area (Å²) in [4.78, 5) is 27.2. The van der Waals surface area contributed by atoms with Crippen molar-refractivity contribution in [2.24, 2.45) is 0 Å². The highest BCUT2D eigenvalue weighted by molar-refractivity contribution is 6.30. The minimum atomic E-state index is -0.648. The van der Waals surface area contributed by atoms with Gasteiger partial charge < -0.3 is 15.4 Å². The normalized spacial score (nSPS) is 10.2. The van der Waals surface area contributed by atoms with Crippen LogP contribution in [0.2, 0.25) is 5.02 Å². The van der Waals surface area contributed by atoms with Crippen molar-refractivity contribution in [2.75, 3.05) is 13.2 Å². The van der Waals surface area contributed by atoms with Crippen molar-refractivity contribution in [1.29, 1.82) is 0 Å². The molecule has 0 saturated carbocycles. The van der Waals surface area contributed by atoms with E-state index < -0.39 is 23.4 Å². The minimum absolute atomic E-state index is 0.0435. The van der Waals surface area contributed by atoms with Crippen LogP contribution in [0.3, 0.4) is 0 Å². The summed E-state index contributed by atoms with van der Waals surface area (Å²) in [6, 6.07) is 6.23. The molecule has 0 radical (unpaired) electrons. The van der Waals surface area contributed by atoms with Crippen LogP contribution in [-0.2, 0) is 4.79 Å². The maximum Gasteiger partial charge on any atom is 0.269 e. The standard InChI is InChI=1S/C18H16ClF2N3O3/c1-11(6-7-22-18(26)16-5-2-12(20)9-23-16)24-17(25)10-27-13-3-4-14(19)15(21)8-13/h2-5,8-9H,1,6-7,10H2,(H,22,26)(H,24,25).